The van der Waals surface area contributed by atoms with Gasteiger partial charge in [-0.25, -0.2) is 0 Å². The Morgan fingerprint density at radius 2 is 1.68 bits per heavy atom. The Morgan fingerprint density at radius 1 is 1.00 bits per heavy atom. The molecule has 1 N–H and O–H groups in total. The van der Waals surface area contributed by atoms with E-state index < -0.39 is 0 Å². The van der Waals surface area contributed by atoms with Crippen LogP contribution in [0.5, 0.6) is 5.75 Å². The van der Waals surface area contributed by atoms with Gasteiger partial charge in [0, 0.05) is 13.1 Å². The van der Waals surface area contributed by atoms with Crippen molar-refractivity contribution in [3.8, 4) is 23.1 Å². The monoisotopic (exact) mass is 301 g/mol. The van der Waals surface area contributed by atoms with Crippen molar-refractivity contribution < 1.29 is 5.11 Å². The quantitative estimate of drug-likeness (QED) is 0.701. The molecular formula is C12H15N9O. The molecule has 0 fully saturated rings. The Labute approximate surface area is 125 Å². The zero-order valence-corrected chi connectivity index (χ0v) is 12.2. The Kier molecular flexibility index (Phi) is 3.64. The van der Waals surface area contributed by atoms with E-state index in [1.54, 1.807) is 29.1 Å². The van der Waals surface area contributed by atoms with Crippen molar-refractivity contribution in [3.05, 3.63) is 24.3 Å². The maximum absolute atomic E-state index is 9.99. The minimum atomic E-state index is 0.0675. The standard InChI is InChI=1S/C12H15N9O/c1-3-19(4-2)21-12(14-16-18-21)11-13-15-17-20(11)9-7-5-6-8-10(9)22/h5-8,22H,3-4H2,1-2H3. The third-order valence-electron chi connectivity index (χ3n) is 3.23. The molecule has 0 bridgehead atoms. The number of rotatable bonds is 5. The van der Waals surface area contributed by atoms with Crippen LogP contribution in [-0.2, 0) is 0 Å². The molecule has 3 aromatic rings. The van der Waals surface area contributed by atoms with Gasteiger partial charge in [-0.05, 0) is 46.8 Å². The number of nitrogens with zero attached hydrogens (tertiary/aromatic N) is 9. The Hall–Kier alpha value is -3.04. The first-order valence-electron chi connectivity index (χ1n) is 6.87. The Bertz CT molecular complexity index is 761. The van der Waals surface area contributed by atoms with Gasteiger partial charge in [0.15, 0.2) is 0 Å². The van der Waals surface area contributed by atoms with Crippen LogP contribution >= 0.6 is 0 Å². The summed E-state index contributed by atoms with van der Waals surface area (Å²) in [6.45, 7) is 5.46. The maximum Gasteiger partial charge on any atom is 0.243 e. The number of phenols is 1. The van der Waals surface area contributed by atoms with E-state index in [1.807, 2.05) is 18.9 Å². The summed E-state index contributed by atoms with van der Waals surface area (Å²) in [6, 6.07) is 6.78. The second-order valence-electron chi connectivity index (χ2n) is 4.43. The van der Waals surface area contributed by atoms with Crippen LogP contribution in [0.4, 0.5) is 0 Å². The number of aromatic nitrogens is 8. The second kappa shape index (κ2) is 5.76. The van der Waals surface area contributed by atoms with Crippen LogP contribution in [0.1, 0.15) is 13.8 Å². The number of hydrogen-bond donors (Lipinski definition) is 1. The summed E-state index contributed by atoms with van der Waals surface area (Å²) >= 11 is 0. The van der Waals surface area contributed by atoms with Crippen LogP contribution in [0.2, 0.25) is 0 Å². The normalized spacial score (nSPS) is 10.8. The van der Waals surface area contributed by atoms with E-state index in [0.29, 0.717) is 17.3 Å². The van der Waals surface area contributed by atoms with Crippen molar-refractivity contribution in [1.29, 1.82) is 0 Å². The number of tetrazole rings is 2. The summed E-state index contributed by atoms with van der Waals surface area (Å²) in [5, 5.41) is 35.2. The predicted molar refractivity (Wildman–Crippen MR) is 76.9 cm³/mol. The summed E-state index contributed by atoms with van der Waals surface area (Å²) in [5.41, 5.74) is 0.455. The van der Waals surface area contributed by atoms with Gasteiger partial charge in [0.25, 0.3) is 0 Å². The van der Waals surface area contributed by atoms with Crippen LogP contribution in [0, 0.1) is 0 Å². The van der Waals surface area contributed by atoms with Crippen LogP contribution in [0.3, 0.4) is 0 Å². The van der Waals surface area contributed by atoms with Crippen molar-refractivity contribution in [3.63, 3.8) is 0 Å². The molecular weight excluding hydrogens is 286 g/mol. The summed E-state index contributed by atoms with van der Waals surface area (Å²) in [7, 11) is 0. The van der Waals surface area contributed by atoms with Gasteiger partial charge in [-0.2, -0.15) is 4.68 Å². The summed E-state index contributed by atoms with van der Waals surface area (Å²) in [4.78, 5) is 1.56. The zero-order valence-electron chi connectivity index (χ0n) is 12.2. The van der Waals surface area contributed by atoms with Gasteiger partial charge in [-0.3, -0.25) is 5.01 Å². The van der Waals surface area contributed by atoms with E-state index in [9.17, 15) is 5.11 Å². The van der Waals surface area contributed by atoms with Crippen molar-refractivity contribution >= 4 is 0 Å². The fourth-order valence-electron chi connectivity index (χ4n) is 2.13. The number of hydrogen-bond acceptors (Lipinski definition) is 8. The smallest absolute Gasteiger partial charge is 0.243 e. The summed E-state index contributed by atoms with van der Waals surface area (Å²) in [6.07, 6.45) is 0. The van der Waals surface area contributed by atoms with E-state index in [2.05, 4.69) is 31.1 Å². The highest BCUT2D eigenvalue weighted by Crippen LogP contribution is 2.23. The van der Waals surface area contributed by atoms with Crippen molar-refractivity contribution in [2.75, 3.05) is 18.1 Å². The van der Waals surface area contributed by atoms with E-state index >= 15 is 0 Å². The predicted octanol–water partition coefficient (Wildman–Crippen LogP) is -0.000800. The van der Waals surface area contributed by atoms with E-state index in [1.165, 1.54) is 4.68 Å². The minimum Gasteiger partial charge on any atom is -0.506 e. The van der Waals surface area contributed by atoms with E-state index in [4.69, 9.17) is 0 Å². The highest BCUT2D eigenvalue weighted by Gasteiger charge is 2.21. The molecule has 2 heterocycles. The molecule has 0 spiro atoms. The lowest BCUT2D eigenvalue weighted by Gasteiger charge is -2.20. The molecule has 0 unspecified atom stereocenters. The van der Waals surface area contributed by atoms with Gasteiger partial charge in [-0.15, -0.1) is 15.0 Å². The van der Waals surface area contributed by atoms with Gasteiger partial charge in [0.2, 0.25) is 11.6 Å². The molecule has 3 rings (SSSR count). The van der Waals surface area contributed by atoms with Crippen LogP contribution in [0.25, 0.3) is 17.3 Å². The molecule has 0 aliphatic rings. The number of benzene rings is 1. The Morgan fingerprint density at radius 3 is 2.41 bits per heavy atom. The molecule has 10 heteroatoms. The van der Waals surface area contributed by atoms with Gasteiger partial charge in [0.1, 0.15) is 11.4 Å². The molecule has 0 aliphatic carbocycles. The average Bonchev–Trinajstić information content (AvgIpc) is 3.17. The van der Waals surface area contributed by atoms with Gasteiger partial charge in [0.05, 0.1) is 0 Å². The van der Waals surface area contributed by atoms with E-state index in [0.717, 1.165) is 13.1 Å². The summed E-state index contributed by atoms with van der Waals surface area (Å²) < 4.78 is 1.40. The fourth-order valence-corrected chi connectivity index (χ4v) is 2.13. The molecule has 114 valence electrons. The van der Waals surface area contributed by atoms with Crippen LogP contribution in [0.15, 0.2) is 24.3 Å². The minimum absolute atomic E-state index is 0.0675. The van der Waals surface area contributed by atoms with Crippen molar-refractivity contribution in [2.45, 2.75) is 13.8 Å². The van der Waals surface area contributed by atoms with E-state index in [-0.39, 0.29) is 5.75 Å². The number of phenolic OH excluding ortho intramolecular Hbond substituents is 1. The first-order valence-corrected chi connectivity index (χ1v) is 6.87. The molecule has 0 aliphatic heterocycles. The van der Waals surface area contributed by atoms with Gasteiger partial charge >= 0.3 is 0 Å². The third kappa shape index (κ3) is 2.24. The summed E-state index contributed by atoms with van der Waals surface area (Å²) in [5.74, 6) is 0.813. The molecule has 0 amide bonds. The molecule has 0 saturated carbocycles. The molecule has 2 aromatic heterocycles. The van der Waals surface area contributed by atoms with Crippen molar-refractivity contribution in [1.82, 2.24) is 40.5 Å². The average molecular weight is 301 g/mol. The first kappa shape index (κ1) is 13.9. The van der Waals surface area contributed by atoms with Crippen LogP contribution in [-0.4, -0.2) is 58.7 Å². The van der Waals surface area contributed by atoms with Crippen LogP contribution < -0.4 is 5.01 Å². The van der Waals surface area contributed by atoms with Crippen molar-refractivity contribution in [2.24, 2.45) is 0 Å². The largest absolute Gasteiger partial charge is 0.506 e. The lowest BCUT2D eigenvalue weighted by atomic mass is 10.3. The molecule has 1 aromatic carbocycles. The number of para-hydroxylation sites is 2. The van der Waals surface area contributed by atoms with Gasteiger partial charge in [-0.1, -0.05) is 12.1 Å². The zero-order chi connectivity index (χ0) is 15.5. The molecule has 0 saturated heterocycles. The molecule has 0 atom stereocenters. The Balaban J connectivity index is 2.11. The highest BCUT2D eigenvalue weighted by atomic mass is 16.3. The molecule has 0 radical (unpaired) electrons. The highest BCUT2D eigenvalue weighted by molar-refractivity contribution is 5.52. The molecule has 22 heavy (non-hydrogen) atoms. The lowest BCUT2D eigenvalue weighted by molar-refractivity contribution is 0.470. The topological polar surface area (TPSA) is 111 Å². The first-order chi connectivity index (χ1) is 10.8. The lowest BCUT2D eigenvalue weighted by Crippen LogP contribution is -2.36. The maximum atomic E-state index is 9.99. The SMILES string of the molecule is CCN(CC)n1nnnc1-c1nnnn1-c1ccccc1O. The number of aromatic hydroxyl groups is 1. The molecule has 10 nitrogen and oxygen atoms in total. The van der Waals surface area contributed by atoms with Gasteiger partial charge < -0.3 is 5.11 Å². The fraction of sp³-hybridized carbons (Fsp3) is 0.333. The third-order valence-corrected chi connectivity index (χ3v) is 3.23. The second-order valence-corrected chi connectivity index (χ2v) is 4.43.